The number of rotatable bonds is 5. The molecule has 0 saturated carbocycles. The number of hydrogen-bond acceptors (Lipinski definition) is 3. The smallest absolute Gasteiger partial charge is 0.404 e. The lowest BCUT2D eigenvalue weighted by molar-refractivity contribution is 0.194. The molecule has 0 radical (unpaired) electrons. The monoisotopic (exact) mass is 302 g/mol. The first kappa shape index (κ1) is 17.7. The van der Waals surface area contributed by atoms with E-state index in [0.717, 1.165) is 12.0 Å². The van der Waals surface area contributed by atoms with Crippen LogP contribution in [0.1, 0.15) is 11.1 Å². The first-order valence-corrected chi connectivity index (χ1v) is 7.03. The SMILES string of the molecule is NC(CO)Cc1ccccc1.O=C(O)NCc1ccccc1. The molecule has 0 saturated heterocycles. The number of carbonyl (C=O) groups is 1. The predicted octanol–water partition coefficient (Wildman–Crippen LogP) is 2.00. The number of nitrogens with one attached hydrogen (secondary N) is 1. The molecule has 1 unspecified atom stereocenters. The molecule has 2 rings (SSSR count). The van der Waals surface area contributed by atoms with Crippen LogP contribution in [0.4, 0.5) is 4.79 Å². The van der Waals surface area contributed by atoms with Crippen LogP contribution in [0.2, 0.25) is 0 Å². The number of carboxylic acid groups (broad SMARTS) is 1. The van der Waals surface area contributed by atoms with Crippen molar-refractivity contribution in [1.29, 1.82) is 0 Å². The van der Waals surface area contributed by atoms with Crippen molar-refractivity contribution in [3.63, 3.8) is 0 Å². The van der Waals surface area contributed by atoms with E-state index in [1.807, 2.05) is 60.7 Å². The molecule has 22 heavy (non-hydrogen) atoms. The number of benzene rings is 2. The zero-order valence-corrected chi connectivity index (χ0v) is 12.4. The number of hydrogen-bond donors (Lipinski definition) is 4. The van der Waals surface area contributed by atoms with Crippen molar-refractivity contribution >= 4 is 6.09 Å². The van der Waals surface area contributed by atoms with Gasteiger partial charge >= 0.3 is 6.09 Å². The van der Waals surface area contributed by atoms with Crippen LogP contribution in [0.25, 0.3) is 0 Å². The van der Waals surface area contributed by atoms with E-state index >= 15 is 0 Å². The Morgan fingerprint density at radius 1 is 1.00 bits per heavy atom. The summed E-state index contributed by atoms with van der Waals surface area (Å²) in [6.45, 7) is 0.422. The third kappa shape index (κ3) is 8.04. The van der Waals surface area contributed by atoms with Gasteiger partial charge in [-0.1, -0.05) is 60.7 Å². The molecular weight excluding hydrogens is 280 g/mol. The van der Waals surface area contributed by atoms with Gasteiger partial charge in [-0.25, -0.2) is 4.79 Å². The van der Waals surface area contributed by atoms with Gasteiger partial charge in [0.2, 0.25) is 0 Å². The van der Waals surface area contributed by atoms with Gasteiger partial charge in [0.1, 0.15) is 0 Å². The Hall–Kier alpha value is -2.37. The van der Waals surface area contributed by atoms with Crippen LogP contribution in [0.15, 0.2) is 60.7 Å². The predicted molar refractivity (Wildman–Crippen MR) is 86.5 cm³/mol. The molecule has 0 aromatic heterocycles. The second-order valence-corrected chi connectivity index (χ2v) is 4.78. The average Bonchev–Trinajstić information content (AvgIpc) is 2.55. The zero-order valence-electron chi connectivity index (χ0n) is 12.4. The van der Waals surface area contributed by atoms with E-state index in [1.54, 1.807) is 0 Å². The van der Waals surface area contributed by atoms with E-state index in [1.165, 1.54) is 5.56 Å². The molecule has 5 heteroatoms. The molecule has 1 amide bonds. The Morgan fingerprint density at radius 2 is 1.50 bits per heavy atom. The molecular formula is C17H22N2O3. The highest BCUT2D eigenvalue weighted by Gasteiger charge is 2.00. The molecule has 0 aliphatic carbocycles. The molecule has 0 aliphatic heterocycles. The molecule has 0 heterocycles. The Kier molecular flexibility index (Phi) is 8.33. The maximum atomic E-state index is 10.1. The molecule has 118 valence electrons. The summed E-state index contributed by atoms with van der Waals surface area (Å²) in [5, 5.41) is 19.2. The van der Waals surface area contributed by atoms with Crippen LogP contribution >= 0.6 is 0 Å². The molecule has 2 aromatic carbocycles. The van der Waals surface area contributed by atoms with Crippen molar-refractivity contribution in [3.05, 3.63) is 71.8 Å². The lowest BCUT2D eigenvalue weighted by Gasteiger charge is -2.06. The normalized spacial score (nSPS) is 11.0. The number of amides is 1. The van der Waals surface area contributed by atoms with Gasteiger partial charge in [0, 0.05) is 12.6 Å². The van der Waals surface area contributed by atoms with Gasteiger partial charge in [0.25, 0.3) is 0 Å². The van der Waals surface area contributed by atoms with Crippen LogP contribution in [-0.4, -0.2) is 29.0 Å². The summed E-state index contributed by atoms with van der Waals surface area (Å²) in [7, 11) is 0. The van der Waals surface area contributed by atoms with Crippen molar-refractivity contribution in [2.45, 2.75) is 19.0 Å². The molecule has 2 aromatic rings. The van der Waals surface area contributed by atoms with E-state index in [4.69, 9.17) is 15.9 Å². The number of aliphatic hydroxyl groups is 1. The highest BCUT2D eigenvalue weighted by molar-refractivity contribution is 5.64. The van der Waals surface area contributed by atoms with Gasteiger partial charge in [-0.2, -0.15) is 0 Å². The minimum atomic E-state index is -0.992. The first-order chi connectivity index (χ1) is 10.6. The molecule has 0 bridgehead atoms. The minimum Gasteiger partial charge on any atom is -0.465 e. The van der Waals surface area contributed by atoms with Crippen molar-refractivity contribution in [2.24, 2.45) is 5.73 Å². The fourth-order valence-electron chi connectivity index (χ4n) is 1.75. The van der Waals surface area contributed by atoms with E-state index in [0.29, 0.717) is 6.54 Å². The Labute approximate surface area is 130 Å². The van der Waals surface area contributed by atoms with Crippen molar-refractivity contribution in [2.75, 3.05) is 6.61 Å². The lowest BCUT2D eigenvalue weighted by atomic mass is 10.1. The highest BCUT2D eigenvalue weighted by atomic mass is 16.4. The van der Waals surface area contributed by atoms with E-state index in [9.17, 15) is 4.79 Å². The van der Waals surface area contributed by atoms with Gasteiger partial charge in [0.15, 0.2) is 0 Å². The fourth-order valence-corrected chi connectivity index (χ4v) is 1.75. The van der Waals surface area contributed by atoms with Crippen LogP contribution in [0, 0.1) is 0 Å². The summed E-state index contributed by atoms with van der Waals surface area (Å²) >= 11 is 0. The largest absolute Gasteiger partial charge is 0.465 e. The number of nitrogens with two attached hydrogens (primary N) is 1. The Balaban J connectivity index is 0.000000220. The third-order valence-corrected chi connectivity index (χ3v) is 2.86. The quantitative estimate of drug-likeness (QED) is 0.679. The zero-order chi connectivity index (χ0) is 16.2. The summed E-state index contributed by atoms with van der Waals surface area (Å²) in [5.74, 6) is 0. The van der Waals surface area contributed by atoms with Gasteiger partial charge in [-0.15, -0.1) is 0 Å². The van der Waals surface area contributed by atoms with Gasteiger partial charge in [-0.3, -0.25) is 0 Å². The third-order valence-electron chi connectivity index (χ3n) is 2.86. The van der Waals surface area contributed by atoms with E-state index in [2.05, 4.69) is 5.32 Å². The Bertz CT molecular complexity index is 532. The van der Waals surface area contributed by atoms with Crippen LogP contribution in [0.3, 0.4) is 0 Å². The van der Waals surface area contributed by atoms with Crippen LogP contribution < -0.4 is 11.1 Å². The molecule has 0 aliphatic rings. The van der Waals surface area contributed by atoms with Gasteiger partial charge in [-0.05, 0) is 17.5 Å². The van der Waals surface area contributed by atoms with Gasteiger partial charge in [0.05, 0.1) is 6.61 Å². The second-order valence-electron chi connectivity index (χ2n) is 4.78. The van der Waals surface area contributed by atoms with Crippen molar-refractivity contribution in [3.8, 4) is 0 Å². The summed E-state index contributed by atoms with van der Waals surface area (Å²) in [5.41, 5.74) is 7.70. The first-order valence-electron chi connectivity index (χ1n) is 7.03. The number of aliphatic hydroxyl groups excluding tert-OH is 1. The second kappa shape index (κ2) is 10.4. The van der Waals surface area contributed by atoms with Crippen molar-refractivity contribution in [1.82, 2.24) is 5.32 Å². The van der Waals surface area contributed by atoms with E-state index in [-0.39, 0.29) is 12.6 Å². The molecule has 0 spiro atoms. The standard InChI is InChI=1S/C9H13NO.C8H9NO2/c10-9(7-11)6-8-4-2-1-3-5-8;10-8(11)9-6-7-4-2-1-3-5-7/h1-5,9,11H,6-7,10H2;1-5,9H,6H2,(H,10,11). The van der Waals surface area contributed by atoms with Crippen molar-refractivity contribution < 1.29 is 15.0 Å². The van der Waals surface area contributed by atoms with Crippen LogP contribution in [0.5, 0.6) is 0 Å². The summed E-state index contributed by atoms with van der Waals surface area (Å²) in [6, 6.07) is 19.2. The molecule has 0 fully saturated rings. The maximum Gasteiger partial charge on any atom is 0.404 e. The molecule has 5 nitrogen and oxygen atoms in total. The average molecular weight is 302 g/mol. The highest BCUT2D eigenvalue weighted by Crippen LogP contribution is 2.00. The lowest BCUT2D eigenvalue weighted by Crippen LogP contribution is -2.26. The summed E-state index contributed by atoms with van der Waals surface area (Å²) < 4.78 is 0. The summed E-state index contributed by atoms with van der Waals surface area (Å²) in [6.07, 6.45) is -0.244. The molecule has 1 atom stereocenters. The minimum absolute atomic E-state index is 0.0505. The summed E-state index contributed by atoms with van der Waals surface area (Å²) in [4.78, 5) is 10.1. The fraction of sp³-hybridized carbons (Fsp3) is 0.235. The topological polar surface area (TPSA) is 95.6 Å². The van der Waals surface area contributed by atoms with Gasteiger partial charge < -0.3 is 21.3 Å². The maximum absolute atomic E-state index is 10.1. The van der Waals surface area contributed by atoms with E-state index < -0.39 is 6.09 Å². The molecule has 5 N–H and O–H groups in total. The Morgan fingerprint density at radius 3 is 1.95 bits per heavy atom. The van der Waals surface area contributed by atoms with Crippen LogP contribution in [-0.2, 0) is 13.0 Å².